The molecule has 92 valence electrons. The fourth-order valence-corrected chi connectivity index (χ4v) is 3.16. The van der Waals surface area contributed by atoms with Crippen LogP contribution in [0.1, 0.15) is 25.8 Å². The number of amidine groups is 1. The van der Waals surface area contributed by atoms with Crippen LogP contribution in [0.3, 0.4) is 0 Å². The molecule has 1 aromatic rings. The quantitative estimate of drug-likeness (QED) is 0.894. The van der Waals surface area contributed by atoms with Gasteiger partial charge >= 0.3 is 0 Å². The summed E-state index contributed by atoms with van der Waals surface area (Å²) in [5, 5.41) is 5.20. The molecule has 2 rings (SSSR count). The minimum atomic E-state index is 0.545. The second-order valence-corrected chi connectivity index (χ2v) is 5.93. The van der Waals surface area contributed by atoms with Gasteiger partial charge in [0, 0.05) is 30.2 Å². The van der Waals surface area contributed by atoms with Crippen LogP contribution in [0.25, 0.3) is 0 Å². The Morgan fingerprint density at radius 1 is 1.53 bits per heavy atom. The van der Waals surface area contributed by atoms with Crippen LogP contribution in [0.2, 0.25) is 0 Å². The summed E-state index contributed by atoms with van der Waals surface area (Å²) in [6, 6.07) is 4.61. The summed E-state index contributed by atoms with van der Waals surface area (Å²) in [5.41, 5.74) is 1.25. The summed E-state index contributed by atoms with van der Waals surface area (Å²) < 4.78 is 0. The molecule has 0 radical (unpaired) electrons. The number of thioether (sulfide) groups is 1. The molecule has 2 unspecified atom stereocenters. The lowest BCUT2D eigenvalue weighted by atomic mass is 10.2. The molecule has 0 saturated carbocycles. The van der Waals surface area contributed by atoms with Crippen molar-refractivity contribution in [2.45, 2.75) is 38.0 Å². The molecule has 0 amide bonds. The molecule has 1 N–H and O–H groups in total. The van der Waals surface area contributed by atoms with Crippen LogP contribution in [0.4, 0.5) is 0 Å². The minimum Gasteiger partial charge on any atom is -0.362 e. The van der Waals surface area contributed by atoms with E-state index < -0.39 is 0 Å². The van der Waals surface area contributed by atoms with Crippen molar-refractivity contribution in [3.05, 3.63) is 30.1 Å². The maximum Gasteiger partial charge on any atom is 0.157 e. The Morgan fingerprint density at radius 3 is 3.12 bits per heavy atom. The number of nitrogens with zero attached hydrogens (tertiary/aromatic N) is 2. The molecular weight excluding hydrogens is 230 g/mol. The van der Waals surface area contributed by atoms with Gasteiger partial charge in [-0.3, -0.25) is 9.98 Å². The number of pyridine rings is 1. The molecule has 2 heterocycles. The fraction of sp³-hybridized carbons (Fsp3) is 0.538. The highest BCUT2D eigenvalue weighted by Crippen LogP contribution is 2.22. The van der Waals surface area contributed by atoms with Crippen LogP contribution < -0.4 is 5.32 Å². The molecule has 2 atom stereocenters. The molecule has 0 aromatic carbocycles. The summed E-state index contributed by atoms with van der Waals surface area (Å²) in [7, 11) is 0. The average Bonchev–Trinajstić information content (AvgIpc) is 2.29. The lowest BCUT2D eigenvalue weighted by molar-refractivity contribution is 0.597. The third kappa shape index (κ3) is 4.04. The van der Waals surface area contributed by atoms with Gasteiger partial charge in [0.25, 0.3) is 0 Å². The van der Waals surface area contributed by atoms with Crippen molar-refractivity contribution in [2.75, 3.05) is 6.54 Å². The summed E-state index contributed by atoms with van der Waals surface area (Å²) in [6.07, 6.45) is 5.89. The topological polar surface area (TPSA) is 37.3 Å². The van der Waals surface area contributed by atoms with E-state index in [1.165, 1.54) is 12.0 Å². The van der Waals surface area contributed by atoms with E-state index in [1.54, 1.807) is 6.20 Å². The average molecular weight is 249 g/mol. The van der Waals surface area contributed by atoms with E-state index in [-0.39, 0.29) is 0 Å². The van der Waals surface area contributed by atoms with E-state index in [4.69, 9.17) is 0 Å². The Morgan fingerprint density at radius 2 is 2.41 bits per heavy atom. The third-order valence-electron chi connectivity index (χ3n) is 2.75. The van der Waals surface area contributed by atoms with Crippen molar-refractivity contribution >= 4 is 16.9 Å². The van der Waals surface area contributed by atoms with Gasteiger partial charge < -0.3 is 5.32 Å². The minimum absolute atomic E-state index is 0.545. The maximum atomic E-state index is 4.62. The van der Waals surface area contributed by atoms with Gasteiger partial charge in [-0.25, -0.2) is 0 Å². The highest BCUT2D eigenvalue weighted by atomic mass is 32.2. The molecule has 4 heteroatoms. The van der Waals surface area contributed by atoms with Crippen LogP contribution in [-0.2, 0) is 6.42 Å². The van der Waals surface area contributed by atoms with Crippen molar-refractivity contribution < 1.29 is 0 Å². The zero-order valence-electron chi connectivity index (χ0n) is 10.4. The Bertz CT molecular complexity index is 366. The zero-order chi connectivity index (χ0) is 12.1. The predicted molar refractivity (Wildman–Crippen MR) is 74.5 cm³/mol. The van der Waals surface area contributed by atoms with Crippen LogP contribution in [0.5, 0.6) is 0 Å². The normalized spacial score (nSPS) is 26.8. The van der Waals surface area contributed by atoms with Gasteiger partial charge in [-0.1, -0.05) is 24.8 Å². The van der Waals surface area contributed by atoms with Crippen LogP contribution in [0.15, 0.2) is 29.5 Å². The standard InChI is InChI=1S/C13H19N3S/c1-10-8-11(2)17-13(16-10)15-7-5-12-4-3-6-14-9-12/h3-4,6,9-11H,5,7-8H2,1-2H3,(H,15,16). The highest BCUT2D eigenvalue weighted by Gasteiger charge is 2.19. The molecule has 1 fully saturated rings. The first kappa shape index (κ1) is 12.4. The summed E-state index contributed by atoms with van der Waals surface area (Å²) in [6.45, 7) is 5.31. The fourth-order valence-electron chi connectivity index (χ4n) is 1.96. The van der Waals surface area contributed by atoms with Crippen molar-refractivity contribution in [3.63, 3.8) is 0 Å². The molecule has 1 saturated heterocycles. The van der Waals surface area contributed by atoms with E-state index >= 15 is 0 Å². The molecule has 1 aliphatic heterocycles. The Kier molecular flexibility index (Phi) is 4.42. The van der Waals surface area contributed by atoms with Gasteiger partial charge in [0.15, 0.2) is 5.17 Å². The lowest BCUT2D eigenvalue weighted by Crippen LogP contribution is -2.38. The number of hydrogen-bond acceptors (Lipinski definition) is 3. The lowest BCUT2D eigenvalue weighted by Gasteiger charge is -2.26. The molecule has 0 spiro atoms. The maximum absolute atomic E-state index is 4.62. The van der Waals surface area contributed by atoms with Gasteiger partial charge in [-0.15, -0.1) is 0 Å². The number of aromatic nitrogens is 1. The first-order valence-corrected chi connectivity index (χ1v) is 6.98. The number of aliphatic imine (C=N–C) groups is 1. The molecule has 0 aliphatic carbocycles. The van der Waals surface area contributed by atoms with Crippen LogP contribution >= 0.6 is 11.8 Å². The molecule has 3 nitrogen and oxygen atoms in total. The van der Waals surface area contributed by atoms with Crippen molar-refractivity contribution in [1.82, 2.24) is 10.3 Å². The van der Waals surface area contributed by atoms with E-state index in [2.05, 4.69) is 35.2 Å². The van der Waals surface area contributed by atoms with E-state index in [0.717, 1.165) is 18.1 Å². The van der Waals surface area contributed by atoms with Gasteiger partial charge in [0.2, 0.25) is 0 Å². The number of hydrogen-bond donors (Lipinski definition) is 1. The Hall–Kier alpha value is -1.03. The second kappa shape index (κ2) is 6.05. The summed E-state index contributed by atoms with van der Waals surface area (Å²) >= 11 is 1.85. The molecule has 0 bridgehead atoms. The summed E-state index contributed by atoms with van der Waals surface area (Å²) in [5.74, 6) is 0. The number of rotatable bonds is 3. The van der Waals surface area contributed by atoms with Gasteiger partial charge in [0.1, 0.15) is 0 Å². The first-order valence-electron chi connectivity index (χ1n) is 6.10. The second-order valence-electron chi connectivity index (χ2n) is 4.51. The zero-order valence-corrected chi connectivity index (χ0v) is 11.2. The monoisotopic (exact) mass is 249 g/mol. The van der Waals surface area contributed by atoms with E-state index in [1.807, 2.05) is 24.0 Å². The number of nitrogens with one attached hydrogen (secondary N) is 1. The predicted octanol–water partition coefficient (Wildman–Crippen LogP) is 2.48. The van der Waals surface area contributed by atoms with Crippen molar-refractivity contribution in [1.29, 1.82) is 0 Å². The molecule has 1 aliphatic rings. The van der Waals surface area contributed by atoms with E-state index in [0.29, 0.717) is 11.3 Å². The van der Waals surface area contributed by atoms with Gasteiger partial charge in [0.05, 0.1) is 0 Å². The highest BCUT2D eigenvalue weighted by molar-refractivity contribution is 8.14. The van der Waals surface area contributed by atoms with Crippen molar-refractivity contribution in [2.24, 2.45) is 4.99 Å². The SMILES string of the molecule is CC1CC(C)SC(=NCCc2cccnc2)N1. The van der Waals surface area contributed by atoms with E-state index in [9.17, 15) is 0 Å². The third-order valence-corrected chi connectivity index (χ3v) is 3.81. The van der Waals surface area contributed by atoms with Crippen molar-refractivity contribution in [3.8, 4) is 0 Å². The molecule has 1 aromatic heterocycles. The Balaban J connectivity index is 1.84. The van der Waals surface area contributed by atoms with Gasteiger partial charge in [-0.2, -0.15) is 0 Å². The van der Waals surface area contributed by atoms with Crippen LogP contribution in [0, 0.1) is 0 Å². The van der Waals surface area contributed by atoms with Crippen LogP contribution in [-0.4, -0.2) is 28.0 Å². The smallest absolute Gasteiger partial charge is 0.157 e. The largest absolute Gasteiger partial charge is 0.362 e. The van der Waals surface area contributed by atoms with Gasteiger partial charge in [-0.05, 0) is 31.4 Å². The molecule has 17 heavy (non-hydrogen) atoms. The molecular formula is C13H19N3S. The first-order chi connectivity index (χ1) is 8.24. The summed E-state index contributed by atoms with van der Waals surface area (Å²) in [4.78, 5) is 8.72. The Labute approximate surface area is 107 Å².